The van der Waals surface area contributed by atoms with E-state index in [2.05, 4.69) is 29.9 Å². The normalized spacial score (nSPS) is 25.8. The van der Waals surface area contributed by atoms with Crippen LogP contribution < -0.4 is 5.73 Å². The number of nitrogens with two attached hydrogens (primary N) is 1. The molecule has 33 heavy (non-hydrogen) atoms. The minimum absolute atomic E-state index is 0.0542. The molecule has 7 heteroatoms. The van der Waals surface area contributed by atoms with Crippen molar-refractivity contribution in [1.82, 2.24) is 9.80 Å². The van der Waals surface area contributed by atoms with Crippen molar-refractivity contribution >= 4 is 0 Å². The minimum Gasteiger partial charge on any atom is -0.394 e. The molecule has 0 amide bonds. The SMILES string of the molecule is C=C/C=C(\C=C)CN(CC)CC[C@@H]1CCN(C)[C@@H]([C@H](O)CO)CC[C@H]1CCC(N)[C@H](O)CO. The summed E-state index contributed by atoms with van der Waals surface area (Å²) < 4.78 is 0. The molecule has 0 aromatic heterocycles. The smallest absolute Gasteiger partial charge is 0.0925 e. The van der Waals surface area contributed by atoms with Crippen LogP contribution in [0.3, 0.4) is 0 Å². The Balaban J connectivity index is 2.89. The van der Waals surface area contributed by atoms with Crippen molar-refractivity contribution < 1.29 is 20.4 Å². The highest BCUT2D eigenvalue weighted by Gasteiger charge is 2.31. The van der Waals surface area contributed by atoms with Gasteiger partial charge < -0.3 is 31.1 Å². The van der Waals surface area contributed by atoms with E-state index in [1.807, 2.05) is 19.2 Å². The van der Waals surface area contributed by atoms with Gasteiger partial charge in [-0.2, -0.15) is 0 Å². The molecule has 1 aliphatic rings. The summed E-state index contributed by atoms with van der Waals surface area (Å²) in [6, 6.07) is -0.490. The van der Waals surface area contributed by atoms with Gasteiger partial charge in [-0.1, -0.05) is 38.3 Å². The lowest BCUT2D eigenvalue weighted by Crippen LogP contribution is -2.46. The highest BCUT2D eigenvalue weighted by Crippen LogP contribution is 2.33. The lowest BCUT2D eigenvalue weighted by molar-refractivity contribution is 0.00160. The van der Waals surface area contributed by atoms with Crippen molar-refractivity contribution in [3.05, 3.63) is 37.0 Å². The molecular weight excluding hydrogens is 418 g/mol. The third-order valence-electron chi connectivity index (χ3n) is 7.37. The topological polar surface area (TPSA) is 113 Å². The van der Waals surface area contributed by atoms with Gasteiger partial charge >= 0.3 is 0 Å². The van der Waals surface area contributed by atoms with Gasteiger partial charge in [0.25, 0.3) is 0 Å². The van der Waals surface area contributed by atoms with E-state index < -0.39 is 18.2 Å². The predicted octanol–water partition coefficient (Wildman–Crippen LogP) is 1.53. The first-order chi connectivity index (χ1) is 15.8. The molecular formula is C26H49N3O4. The molecule has 0 aromatic rings. The van der Waals surface area contributed by atoms with Crippen LogP contribution in [-0.4, -0.2) is 101 Å². The first-order valence-corrected chi connectivity index (χ1v) is 12.5. The number of hydrogen-bond acceptors (Lipinski definition) is 7. The fourth-order valence-corrected chi connectivity index (χ4v) is 5.01. The Morgan fingerprint density at radius 1 is 1.12 bits per heavy atom. The Bertz CT molecular complexity index is 586. The number of likely N-dealkylation sites (tertiary alicyclic amines) is 1. The van der Waals surface area contributed by atoms with Gasteiger partial charge in [0, 0.05) is 18.6 Å². The molecule has 0 radical (unpaired) electrons. The summed E-state index contributed by atoms with van der Waals surface area (Å²) in [6.07, 6.45) is 9.44. The van der Waals surface area contributed by atoms with Crippen molar-refractivity contribution in [1.29, 1.82) is 0 Å². The van der Waals surface area contributed by atoms with Crippen molar-refractivity contribution in [3.8, 4) is 0 Å². The summed E-state index contributed by atoms with van der Waals surface area (Å²) in [5, 5.41) is 38.9. The van der Waals surface area contributed by atoms with E-state index in [1.54, 1.807) is 6.08 Å². The number of likely N-dealkylation sites (N-methyl/N-ethyl adjacent to an activating group) is 2. The van der Waals surface area contributed by atoms with Crippen LogP contribution in [0.25, 0.3) is 0 Å². The van der Waals surface area contributed by atoms with Gasteiger partial charge in [-0.3, -0.25) is 4.90 Å². The second kappa shape index (κ2) is 16.5. The number of allylic oxidation sites excluding steroid dienone is 2. The molecule has 1 unspecified atom stereocenters. The Morgan fingerprint density at radius 2 is 1.82 bits per heavy atom. The second-order valence-electron chi connectivity index (χ2n) is 9.51. The van der Waals surface area contributed by atoms with Gasteiger partial charge in [0.1, 0.15) is 0 Å². The summed E-state index contributed by atoms with van der Waals surface area (Å²) in [5.74, 6) is 0.924. The fourth-order valence-electron chi connectivity index (χ4n) is 5.01. The molecule has 1 saturated heterocycles. The summed E-state index contributed by atoms with van der Waals surface area (Å²) in [4.78, 5) is 4.61. The molecule has 0 saturated carbocycles. The minimum atomic E-state index is -0.892. The van der Waals surface area contributed by atoms with Crippen LogP contribution in [0.4, 0.5) is 0 Å². The highest BCUT2D eigenvalue weighted by molar-refractivity contribution is 5.22. The van der Waals surface area contributed by atoms with Crippen LogP contribution in [-0.2, 0) is 0 Å². The molecule has 0 bridgehead atoms. The average molecular weight is 468 g/mol. The maximum Gasteiger partial charge on any atom is 0.0925 e. The molecule has 1 rings (SSSR count). The molecule has 6 N–H and O–H groups in total. The first kappa shape index (κ1) is 30.0. The molecule has 0 spiro atoms. The molecule has 1 aliphatic heterocycles. The number of hydrogen-bond donors (Lipinski definition) is 5. The van der Waals surface area contributed by atoms with Crippen molar-refractivity contribution in [3.63, 3.8) is 0 Å². The van der Waals surface area contributed by atoms with E-state index in [-0.39, 0.29) is 19.3 Å². The van der Waals surface area contributed by atoms with Gasteiger partial charge in [-0.25, -0.2) is 0 Å². The van der Waals surface area contributed by atoms with E-state index >= 15 is 0 Å². The third-order valence-corrected chi connectivity index (χ3v) is 7.37. The Hall–Kier alpha value is -1.06. The lowest BCUT2D eigenvalue weighted by Gasteiger charge is -2.39. The lowest BCUT2D eigenvalue weighted by atomic mass is 9.77. The summed E-state index contributed by atoms with van der Waals surface area (Å²) in [5.41, 5.74) is 7.26. The summed E-state index contributed by atoms with van der Waals surface area (Å²) >= 11 is 0. The largest absolute Gasteiger partial charge is 0.394 e. The van der Waals surface area contributed by atoms with Gasteiger partial charge in [-0.15, -0.1) is 0 Å². The van der Waals surface area contributed by atoms with Crippen molar-refractivity contribution in [2.24, 2.45) is 17.6 Å². The molecule has 1 heterocycles. The highest BCUT2D eigenvalue weighted by atomic mass is 16.3. The number of rotatable bonds is 15. The van der Waals surface area contributed by atoms with Gasteiger partial charge in [-0.05, 0) is 82.6 Å². The second-order valence-corrected chi connectivity index (χ2v) is 9.51. The van der Waals surface area contributed by atoms with Gasteiger partial charge in [0.2, 0.25) is 0 Å². The Morgan fingerprint density at radius 3 is 2.39 bits per heavy atom. The molecule has 0 aliphatic carbocycles. The fraction of sp³-hybridized carbons (Fsp3) is 0.769. The standard InChI is InChI=1S/C26H49N3O4/c1-5-8-20(6-2)17-29(7-3)16-14-22-13-15-28(4)24(26(33)19-31)12-10-21(22)9-11-23(27)25(32)18-30/h5-6,8,21-26,30-33H,1-2,7,9-19,27H2,3-4H3/b20-8+/t21-,22+,23?,24-,25-,26-/m1/s1. The van der Waals surface area contributed by atoms with E-state index in [4.69, 9.17) is 5.73 Å². The Labute approximate surface area is 201 Å². The molecule has 1 fully saturated rings. The van der Waals surface area contributed by atoms with Crippen molar-refractivity contribution in [2.75, 3.05) is 46.4 Å². The van der Waals surface area contributed by atoms with E-state index in [0.717, 1.165) is 63.9 Å². The Kier molecular flexibility index (Phi) is 15.0. The number of nitrogens with zero attached hydrogens (tertiary/aromatic N) is 2. The number of aliphatic hydroxyl groups excluding tert-OH is 4. The van der Waals surface area contributed by atoms with E-state index in [9.17, 15) is 20.4 Å². The van der Waals surface area contributed by atoms with Crippen LogP contribution in [0.15, 0.2) is 37.0 Å². The predicted molar refractivity (Wildman–Crippen MR) is 136 cm³/mol. The van der Waals surface area contributed by atoms with Crippen LogP contribution in [0, 0.1) is 11.8 Å². The summed E-state index contributed by atoms with van der Waals surface area (Å²) in [7, 11) is 2.03. The molecule has 192 valence electrons. The molecule has 0 aromatic carbocycles. The van der Waals surface area contributed by atoms with Gasteiger partial charge in [0.05, 0.1) is 25.4 Å². The van der Waals surface area contributed by atoms with Crippen LogP contribution in [0.5, 0.6) is 0 Å². The van der Waals surface area contributed by atoms with Crippen LogP contribution in [0.1, 0.15) is 45.4 Å². The average Bonchev–Trinajstić information content (AvgIpc) is 2.82. The summed E-state index contributed by atoms with van der Waals surface area (Å²) in [6.45, 7) is 13.0. The van der Waals surface area contributed by atoms with Crippen LogP contribution >= 0.6 is 0 Å². The molecule has 7 nitrogen and oxygen atoms in total. The zero-order valence-electron chi connectivity index (χ0n) is 20.9. The van der Waals surface area contributed by atoms with Gasteiger partial charge in [0.15, 0.2) is 0 Å². The van der Waals surface area contributed by atoms with Crippen molar-refractivity contribution in [2.45, 2.75) is 69.7 Å². The van der Waals surface area contributed by atoms with Crippen LogP contribution in [0.2, 0.25) is 0 Å². The zero-order chi connectivity index (χ0) is 24.8. The quantitative estimate of drug-likeness (QED) is 0.232. The third kappa shape index (κ3) is 10.4. The monoisotopic (exact) mass is 467 g/mol. The maximum absolute atomic E-state index is 10.3. The first-order valence-electron chi connectivity index (χ1n) is 12.5. The van der Waals surface area contributed by atoms with E-state index in [0.29, 0.717) is 18.3 Å². The maximum atomic E-state index is 10.3. The van der Waals surface area contributed by atoms with E-state index in [1.165, 1.54) is 0 Å². The number of aliphatic hydroxyl groups is 4. The zero-order valence-corrected chi connectivity index (χ0v) is 20.9. The molecule has 6 atom stereocenters.